The van der Waals surface area contributed by atoms with Crippen LogP contribution >= 0.6 is 24.8 Å². The first-order chi connectivity index (χ1) is 11.6. The Balaban J connectivity index is 0.00000312. The van der Waals surface area contributed by atoms with E-state index in [1.54, 1.807) is 7.11 Å². The van der Waals surface area contributed by atoms with Crippen LogP contribution in [0.25, 0.3) is 0 Å². The van der Waals surface area contributed by atoms with Crippen molar-refractivity contribution in [1.29, 1.82) is 0 Å². The number of hydrogen-bond donors (Lipinski definition) is 2. The summed E-state index contributed by atoms with van der Waals surface area (Å²) in [5.74, 6) is 0.0319. The molecule has 0 aliphatic carbocycles. The topological polar surface area (TPSA) is 53.6 Å². The highest BCUT2D eigenvalue weighted by molar-refractivity contribution is 5.86. The first-order valence-electron chi connectivity index (χ1n) is 8.86. The van der Waals surface area contributed by atoms with Crippen LogP contribution < -0.4 is 10.6 Å². The van der Waals surface area contributed by atoms with Crippen LogP contribution in [0.3, 0.4) is 0 Å². The fraction of sp³-hybridized carbons (Fsp3) is 0.632. The van der Waals surface area contributed by atoms with Crippen LogP contribution in [0.2, 0.25) is 0 Å². The lowest BCUT2D eigenvalue weighted by Gasteiger charge is -2.35. The van der Waals surface area contributed by atoms with Gasteiger partial charge in [-0.1, -0.05) is 30.3 Å². The smallest absolute Gasteiger partial charge is 0.252 e. The van der Waals surface area contributed by atoms with E-state index in [0.29, 0.717) is 12.6 Å². The molecule has 1 heterocycles. The summed E-state index contributed by atoms with van der Waals surface area (Å²) in [6, 6.07) is 10.9. The Hall–Kier alpha value is -0.850. The lowest BCUT2D eigenvalue weighted by Crippen LogP contribution is -2.54. The summed E-state index contributed by atoms with van der Waals surface area (Å²) in [6.07, 6.45) is 2.39. The van der Waals surface area contributed by atoms with E-state index < -0.39 is 5.60 Å². The van der Waals surface area contributed by atoms with Gasteiger partial charge in [-0.3, -0.25) is 9.69 Å². The van der Waals surface area contributed by atoms with Gasteiger partial charge in [0.25, 0.3) is 5.91 Å². The molecule has 0 bridgehead atoms. The second-order valence-corrected chi connectivity index (χ2v) is 6.74. The van der Waals surface area contributed by atoms with Crippen LogP contribution in [0.5, 0.6) is 0 Å². The van der Waals surface area contributed by atoms with Gasteiger partial charge in [0.05, 0.1) is 0 Å². The molecular weight excluding hydrogens is 373 g/mol. The fourth-order valence-corrected chi connectivity index (χ4v) is 3.16. The summed E-state index contributed by atoms with van der Waals surface area (Å²) in [5.41, 5.74) is 0.661. The molecule has 7 heteroatoms. The first kappa shape index (κ1) is 25.1. The van der Waals surface area contributed by atoms with Gasteiger partial charge in [-0.25, -0.2) is 0 Å². The number of benzene rings is 1. The van der Waals surface area contributed by atoms with E-state index in [4.69, 9.17) is 4.74 Å². The number of hydrogen-bond acceptors (Lipinski definition) is 4. The summed E-state index contributed by atoms with van der Waals surface area (Å²) in [7, 11) is 3.77. The Bertz CT molecular complexity index is 511. The Morgan fingerprint density at radius 2 is 1.88 bits per heavy atom. The van der Waals surface area contributed by atoms with E-state index in [1.807, 2.05) is 6.07 Å². The molecule has 1 aromatic carbocycles. The maximum absolute atomic E-state index is 12.5. The van der Waals surface area contributed by atoms with E-state index >= 15 is 0 Å². The quantitative estimate of drug-likeness (QED) is 0.697. The largest absolute Gasteiger partial charge is 0.368 e. The van der Waals surface area contributed by atoms with Crippen molar-refractivity contribution in [2.24, 2.45) is 0 Å². The van der Waals surface area contributed by atoms with E-state index in [1.165, 1.54) is 5.56 Å². The van der Waals surface area contributed by atoms with Crippen LogP contribution in [0.15, 0.2) is 30.3 Å². The third-order valence-corrected chi connectivity index (χ3v) is 5.09. The van der Waals surface area contributed by atoms with Gasteiger partial charge >= 0.3 is 0 Å². The molecule has 1 aromatic rings. The second-order valence-electron chi connectivity index (χ2n) is 6.74. The van der Waals surface area contributed by atoms with Gasteiger partial charge in [-0.2, -0.15) is 0 Å². The van der Waals surface area contributed by atoms with Gasteiger partial charge in [0.1, 0.15) is 5.60 Å². The first-order valence-corrected chi connectivity index (χ1v) is 8.86. The minimum atomic E-state index is -0.648. The third kappa shape index (κ3) is 7.05. The molecule has 150 valence electrons. The average molecular weight is 406 g/mol. The summed E-state index contributed by atoms with van der Waals surface area (Å²) >= 11 is 0. The molecule has 26 heavy (non-hydrogen) atoms. The van der Waals surface area contributed by atoms with Gasteiger partial charge in [-0.15, -0.1) is 24.8 Å². The van der Waals surface area contributed by atoms with Crippen LogP contribution in [0.1, 0.15) is 31.7 Å². The zero-order chi connectivity index (χ0) is 17.4. The summed E-state index contributed by atoms with van der Waals surface area (Å²) in [6.45, 7) is 5.46. The van der Waals surface area contributed by atoms with Crippen molar-refractivity contribution in [1.82, 2.24) is 15.5 Å². The van der Waals surface area contributed by atoms with Crippen molar-refractivity contribution in [3.05, 3.63) is 35.9 Å². The highest BCUT2D eigenvalue weighted by Crippen LogP contribution is 2.22. The molecule has 1 saturated heterocycles. The molecular formula is C19H33Cl2N3O2. The highest BCUT2D eigenvalue weighted by Gasteiger charge is 2.39. The van der Waals surface area contributed by atoms with Crippen LogP contribution in [-0.4, -0.2) is 56.2 Å². The molecule has 0 aromatic heterocycles. The molecule has 2 rings (SSSR count). The number of nitrogens with one attached hydrogen (secondary N) is 2. The Kier molecular flexibility index (Phi) is 12.1. The van der Waals surface area contributed by atoms with Crippen LogP contribution in [0, 0.1) is 0 Å². The van der Waals surface area contributed by atoms with E-state index in [-0.39, 0.29) is 30.7 Å². The maximum Gasteiger partial charge on any atom is 0.252 e. The zero-order valence-corrected chi connectivity index (χ0v) is 17.6. The molecule has 1 atom stereocenters. The number of piperidine rings is 1. The molecule has 1 aliphatic heterocycles. The monoisotopic (exact) mass is 405 g/mol. The SMILES string of the molecule is COC1(C(=O)NCCC(C)N(C)Cc2ccccc2)CCNCC1.Cl.Cl. The van der Waals surface area contributed by atoms with Gasteiger partial charge in [0.15, 0.2) is 0 Å². The van der Waals surface area contributed by atoms with Gasteiger partial charge in [0.2, 0.25) is 0 Å². The number of carbonyl (C=O) groups excluding carboxylic acids is 1. The number of amides is 1. The summed E-state index contributed by atoms with van der Waals surface area (Å²) in [4.78, 5) is 14.8. The van der Waals surface area contributed by atoms with Crippen molar-refractivity contribution >= 4 is 30.7 Å². The molecule has 1 fully saturated rings. The molecule has 5 nitrogen and oxygen atoms in total. The molecule has 0 radical (unpaired) electrons. The van der Waals surface area contributed by atoms with Crippen molar-refractivity contribution in [3.63, 3.8) is 0 Å². The maximum atomic E-state index is 12.5. The minimum Gasteiger partial charge on any atom is -0.368 e. The van der Waals surface area contributed by atoms with E-state index in [9.17, 15) is 4.79 Å². The van der Waals surface area contributed by atoms with Crippen molar-refractivity contribution in [2.75, 3.05) is 33.8 Å². The normalized spacial score (nSPS) is 16.9. The predicted molar refractivity (Wildman–Crippen MR) is 111 cm³/mol. The van der Waals surface area contributed by atoms with Crippen LogP contribution in [-0.2, 0) is 16.1 Å². The van der Waals surface area contributed by atoms with Gasteiger partial charge < -0.3 is 15.4 Å². The molecule has 0 saturated carbocycles. The molecule has 2 N–H and O–H groups in total. The van der Waals surface area contributed by atoms with Crippen molar-refractivity contribution in [3.8, 4) is 0 Å². The van der Waals surface area contributed by atoms with E-state index in [2.05, 4.69) is 53.8 Å². The molecule has 1 amide bonds. The number of nitrogens with zero attached hydrogens (tertiary/aromatic N) is 1. The van der Waals surface area contributed by atoms with Gasteiger partial charge in [0, 0.05) is 26.2 Å². The summed E-state index contributed by atoms with van der Waals surface area (Å²) < 4.78 is 5.56. The average Bonchev–Trinajstić information content (AvgIpc) is 2.62. The molecule has 0 spiro atoms. The standard InChI is InChI=1S/C19H31N3O2.2ClH/c1-16(22(2)15-17-7-5-4-6-8-17)9-12-21-18(23)19(24-3)10-13-20-14-11-19;;/h4-8,16,20H,9-15H2,1-3H3,(H,21,23);2*1H. The van der Waals surface area contributed by atoms with Crippen molar-refractivity contribution < 1.29 is 9.53 Å². The van der Waals surface area contributed by atoms with Gasteiger partial charge in [-0.05, 0) is 51.9 Å². The number of halogens is 2. The van der Waals surface area contributed by atoms with E-state index in [0.717, 1.165) is 38.9 Å². The lowest BCUT2D eigenvalue weighted by molar-refractivity contribution is -0.146. The number of methoxy groups -OCH3 is 1. The predicted octanol–water partition coefficient (Wildman–Crippen LogP) is 2.63. The van der Waals surface area contributed by atoms with Crippen LogP contribution in [0.4, 0.5) is 0 Å². The van der Waals surface area contributed by atoms with Crippen molar-refractivity contribution in [2.45, 2.75) is 44.4 Å². The molecule has 1 aliphatic rings. The lowest BCUT2D eigenvalue weighted by atomic mass is 9.91. The molecule has 1 unspecified atom stereocenters. The summed E-state index contributed by atoms with van der Waals surface area (Å²) in [5, 5.41) is 6.35. The fourth-order valence-electron chi connectivity index (χ4n) is 3.16. The Morgan fingerprint density at radius 1 is 1.27 bits per heavy atom. The highest BCUT2D eigenvalue weighted by atomic mass is 35.5. The zero-order valence-electron chi connectivity index (χ0n) is 16.0. The Morgan fingerprint density at radius 3 is 2.46 bits per heavy atom. The third-order valence-electron chi connectivity index (χ3n) is 5.09. The second kappa shape index (κ2) is 12.5. The Labute approximate surface area is 170 Å². The number of rotatable bonds is 8. The number of carbonyl (C=O) groups is 1. The minimum absolute atomic E-state index is 0. The number of ether oxygens (including phenoxy) is 1.